The van der Waals surface area contributed by atoms with E-state index >= 15 is 0 Å². The van der Waals surface area contributed by atoms with Crippen LogP contribution in [0.15, 0.2) is 59.5 Å². The van der Waals surface area contributed by atoms with E-state index in [-0.39, 0.29) is 23.4 Å². The van der Waals surface area contributed by atoms with Crippen LogP contribution in [0.3, 0.4) is 0 Å². The molecule has 1 N–H and O–H groups in total. The number of rotatable bonds is 7. The summed E-state index contributed by atoms with van der Waals surface area (Å²) in [6, 6.07) is 14.3. The zero-order valence-corrected chi connectivity index (χ0v) is 18.1. The second-order valence-electron chi connectivity index (χ2n) is 7.89. The maximum absolute atomic E-state index is 13.2. The summed E-state index contributed by atoms with van der Waals surface area (Å²) < 4.78 is 40.3. The molecule has 0 aromatic heterocycles. The van der Waals surface area contributed by atoms with Crippen molar-refractivity contribution in [2.24, 2.45) is 5.92 Å². The van der Waals surface area contributed by atoms with Crippen LogP contribution < -0.4 is 5.32 Å². The third-order valence-electron chi connectivity index (χ3n) is 5.27. The summed E-state index contributed by atoms with van der Waals surface area (Å²) in [7, 11) is 0.122. The van der Waals surface area contributed by atoms with Crippen LogP contribution in [0.4, 0.5) is 4.39 Å². The molecule has 2 unspecified atom stereocenters. The van der Waals surface area contributed by atoms with Crippen molar-refractivity contribution in [3.8, 4) is 0 Å². The highest BCUT2D eigenvalue weighted by atomic mass is 32.2. The Morgan fingerprint density at radius 1 is 1.17 bits per heavy atom. The first-order valence-electron chi connectivity index (χ1n) is 10.0. The number of piperidine rings is 1. The zero-order chi connectivity index (χ0) is 21.7. The number of halogens is 1. The number of carbonyl (C=O) groups excluding carboxylic acids is 1. The van der Waals surface area contributed by atoms with Crippen LogP contribution in [0, 0.1) is 11.7 Å². The normalized spacial score (nSPS) is 18.9. The van der Waals surface area contributed by atoms with E-state index in [9.17, 15) is 17.6 Å². The van der Waals surface area contributed by atoms with Crippen LogP contribution in [0.5, 0.6) is 0 Å². The van der Waals surface area contributed by atoms with Gasteiger partial charge < -0.3 is 10.2 Å². The lowest BCUT2D eigenvalue weighted by molar-refractivity contribution is -0.127. The quantitative estimate of drug-likeness (QED) is 0.729. The molecule has 3 rings (SSSR count). The molecule has 8 heteroatoms. The minimum absolute atomic E-state index is 0.0414. The highest BCUT2D eigenvalue weighted by molar-refractivity contribution is 7.89. The molecule has 6 nitrogen and oxygen atoms in total. The van der Waals surface area contributed by atoms with Crippen LogP contribution in [0.1, 0.15) is 24.4 Å². The second kappa shape index (κ2) is 9.68. The van der Waals surface area contributed by atoms with E-state index in [1.807, 2.05) is 49.3 Å². The van der Waals surface area contributed by atoms with Crippen molar-refractivity contribution in [3.63, 3.8) is 0 Å². The standard InChI is InChI=1S/C22H28FN3O3S/c1-25(2)16-21(17-7-4-3-5-8-17)24-22(27)18-9-6-14-26(15-18)30(28,29)20-12-10-19(23)11-13-20/h3-5,7-8,10-13,18,21H,6,9,14-16H2,1-2H3,(H,24,27). The molecule has 2 aromatic rings. The molecule has 0 spiro atoms. The first-order chi connectivity index (χ1) is 14.3. The van der Waals surface area contributed by atoms with Gasteiger partial charge in [0.15, 0.2) is 0 Å². The minimum Gasteiger partial charge on any atom is -0.348 e. The molecule has 1 fully saturated rings. The molecule has 1 aliphatic heterocycles. The molecule has 1 aliphatic rings. The van der Waals surface area contributed by atoms with Gasteiger partial charge in [0.25, 0.3) is 0 Å². The molecule has 2 aromatic carbocycles. The molecular formula is C22H28FN3O3S. The van der Waals surface area contributed by atoms with Gasteiger partial charge in [0, 0.05) is 19.6 Å². The number of hydrogen-bond donors (Lipinski definition) is 1. The van der Waals surface area contributed by atoms with Gasteiger partial charge in [-0.3, -0.25) is 4.79 Å². The lowest BCUT2D eigenvalue weighted by atomic mass is 9.97. The Labute approximate surface area is 177 Å². The van der Waals surface area contributed by atoms with E-state index in [0.717, 1.165) is 17.7 Å². The Bertz CT molecular complexity index is 949. The number of amides is 1. The fourth-order valence-corrected chi connectivity index (χ4v) is 5.23. The first kappa shape index (κ1) is 22.4. The van der Waals surface area contributed by atoms with Crippen molar-refractivity contribution in [3.05, 3.63) is 66.0 Å². The van der Waals surface area contributed by atoms with Crippen molar-refractivity contribution in [2.75, 3.05) is 33.7 Å². The number of benzene rings is 2. The maximum Gasteiger partial charge on any atom is 0.243 e. The molecule has 162 valence electrons. The predicted molar refractivity (Wildman–Crippen MR) is 114 cm³/mol. The summed E-state index contributed by atoms with van der Waals surface area (Å²) >= 11 is 0. The number of sulfonamides is 1. The number of hydrogen-bond acceptors (Lipinski definition) is 4. The van der Waals surface area contributed by atoms with E-state index in [0.29, 0.717) is 25.9 Å². The summed E-state index contributed by atoms with van der Waals surface area (Å²) in [5, 5.41) is 3.10. The van der Waals surface area contributed by atoms with Crippen LogP contribution >= 0.6 is 0 Å². The molecule has 30 heavy (non-hydrogen) atoms. The Morgan fingerprint density at radius 3 is 2.47 bits per heavy atom. The number of nitrogens with zero attached hydrogens (tertiary/aromatic N) is 2. The molecule has 0 aliphatic carbocycles. The summed E-state index contributed by atoms with van der Waals surface area (Å²) in [6.45, 7) is 1.11. The lowest BCUT2D eigenvalue weighted by Crippen LogP contribution is -2.47. The average molecular weight is 434 g/mol. The van der Waals surface area contributed by atoms with Gasteiger partial charge in [-0.2, -0.15) is 4.31 Å². The predicted octanol–water partition coefficient (Wildman–Crippen LogP) is 2.65. The Morgan fingerprint density at radius 2 is 1.83 bits per heavy atom. The van der Waals surface area contributed by atoms with E-state index in [2.05, 4.69) is 5.32 Å². The minimum atomic E-state index is -3.77. The Kier molecular flexibility index (Phi) is 7.23. The van der Waals surface area contributed by atoms with Crippen LogP contribution in [-0.2, 0) is 14.8 Å². The zero-order valence-electron chi connectivity index (χ0n) is 17.3. The highest BCUT2D eigenvalue weighted by Crippen LogP contribution is 2.25. The summed E-state index contributed by atoms with van der Waals surface area (Å²) in [4.78, 5) is 15.1. The number of carbonyl (C=O) groups is 1. The third kappa shape index (κ3) is 5.44. The van der Waals surface area contributed by atoms with Crippen molar-refractivity contribution in [1.29, 1.82) is 0 Å². The van der Waals surface area contributed by atoms with Crippen LogP contribution in [0.2, 0.25) is 0 Å². The molecular weight excluding hydrogens is 405 g/mol. The molecule has 2 atom stereocenters. The topological polar surface area (TPSA) is 69.7 Å². The first-order valence-corrected chi connectivity index (χ1v) is 11.5. The van der Waals surface area contributed by atoms with Gasteiger partial charge in [0.1, 0.15) is 5.82 Å². The molecule has 1 saturated heterocycles. The molecule has 0 saturated carbocycles. The smallest absolute Gasteiger partial charge is 0.243 e. The van der Waals surface area contributed by atoms with Crippen LogP contribution in [0.25, 0.3) is 0 Å². The van der Waals surface area contributed by atoms with Crippen molar-refractivity contribution in [2.45, 2.75) is 23.8 Å². The summed E-state index contributed by atoms with van der Waals surface area (Å²) in [5.74, 6) is -1.07. The summed E-state index contributed by atoms with van der Waals surface area (Å²) in [6.07, 6.45) is 1.23. The summed E-state index contributed by atoms with van der Waals surface area (Å²) in [5.41, 5.74) is 1.01. The fourth-order valence-electron chi connectivity index (χ4n) is 3.70. The lowest BCUT2D eigenvalue weighted by Gasteiger charge is -2.32. The van der Waals surface area contributed by atoms with E-state index in [1.165, 1.54) is 16.4 Å². The molecule has 0 bridgehead atoms. The van der Waals surface area contributed by atoms with Gasteiger partial charge in [-0.1, -0.05) is 30.3 Å². The average Bonchev–Trinajstić information content (AvgIpc) is 2.74. The molecule has 0 radical (unpaired) electrons. The van der Waals surface area contributed by atoms with Gasteiger partial charge in [-0.25, -0.2) is 12.8 Å². The Balaban J connectivity index is 1.72. The molecule has 1 heterocycles. The number of likely N-dealkylation sites (N-methyl/N-ethyl adjacent to an activating group) is 1. The number of nitrogens with one attached hydrogen (secondary N) is 1. The van der Waals surface area contributed by atoms with Crippen molar-refractivity contribution >= 4 is 15.9 Å². The van der Waals surface area contributed by atoms with Crippen molar-refractivity contribution < 1.29 is 17.6 Å². The Hall–Kier alpha value is -2.29. The fraction of sp³-hybridized carbons (Fsp3) is 0.409. The van der Waals surface area contributed by atoms with Gasteiger partial charge in [-0.15, -0.1) is 0 Å². The van der Waals surface area contributed by atoms with Crippen LogP contribution in [-0.4, -0.2) is 57.3 Å². The van der Waals surface area contributed by atoms with Gasteiger partial charge in [-0.05, 0) is 56.8 Å². The maximum atomic E-state index is 13.2. The van der Waals surface area contributed by atoms with E-state index in [1.54, 1.807) is 0 Å². The monoisotopic (exact) mass is 433 g/mol. The molecule has 1 amide bonds. The van der Waals surface area contributed by atoms with Gasteiger partial charge >= 0.3 is 0 Å². The third-order valence-corrected chi connectivity index (χ3v) is 7.15. The van der Waals surface area contributed by atoms with E-state index in [4.69, 9.17) is 0 Å². The van der Waals surface area contributed by atoms with Gasteiger partial charge in [0.2, 0.25) is 15.9 Å². The van der Waals surface area contributed by atoms with Gasteiger partial charge in [0.05, 0.1) is 16.9 Å². The second-order valence-corrected chi connectivity index (χ2v) is 9.83. The SMILES string of the molecule is CN(C)CC(NC(=O)C1CCCN(S(=O)(=O)c2ccc(F)cc2)C1)c1ccccc1. The largest absolute Gasteiger partial charge is 0.348 e. The van der Waals surface area contributed by atoms with E-state index < -0.39 is 21.8 Å². The highest BCUT2D eigenvalue weighted by Gasteiger charge is 2.34. The van der Waals surface area contributed by atoms with Crippen molar-refractivity contribution in [1.82, 2.24) is 14.5 Å².